The maximum atomic E-state index is 11.7. The van der Waals surface area contributed by atoms with Gasteiger partial charge in [0.2, 0.25) is 5.91 Å². The molecule has 0 aromatic carbocycles. The summed E-state index contributed by atoms with van der Waals surface area (Å²) in [5.41, 5.74) is 0. The van der Waals surface area contributed by atoms with Crippen molar-refractivity contribution in [1.82, 2.24) is 10.4 Å². The minimum absolute atomic E-state index is 0. The summed E-state index contributed by atoms with van der Waals surface area (Å²) in [5.74, 6) is -0.908. The summed E-state index contributed by atoms with van der Waals surface area (Å²) in [6.45, 7) is 5.05. The van der Waals surface area contributed by atoms with Crippen LogP contribution in [0.5, 0.6) is 0 Å². The molecule has 0 aromatic heterocycles. The van der Waals surface area contributed by atoms with Gasteiger partial charge in [-0.1, -0.05) is 58.3 Å². The van der Waals surface area contributed by atoms with E-state index in [0.29, 0.717) is 26.1 Å². The fraction of sp³-hybridized carbons (Fsp3) is 0.889. The second kappa shape index (κ2) is 20.8. The summed E-state index contributed by atoms with van der Waals surface area (Å²) in [6.07, 6.45) is 11.7. The number of unbranched alkanes of at least 4 members (excludes halogenated alkanes) is 8. The van der Waals surface area contributed by atoms with Gasteiger partial charge in [0, 0.05) is 70.9 Å². The van der Waals surface area contributed by atoms with Gasteiger partial charge in [-0.2, -0.15) is 5.06 Å². The van der Waals surface area contributed by atoms with Crippen molar-refractivity contribution in [2.45, 2.75) is 78.1 Å². The Morgan fingerprint density at radius 1 is 0.960 bits per heavy atom. The Morgan fingerprint density at radius 2 is 1.52 bits per heavy atom. The normalized spacial score (nSPS) is 10.5. The van der Waals surface area contributed by atoms with Gasteiger partial charge in [-0.15, -0.1) is 0 Å². The van der Waals surface area contributed by atoms with Crippen LogP contribution in [0.4, 0.5) is 0 Å². The molecule has 1 amide bonds. The van der Waals surface area contributed by atoms with Gasteiger partial charge < -0.3 is 10.4 Å². The molecule has 1 radical (unpaired) electrons. The maximum absolute atomic E-state index is 11.7. The van der Waals surface area contributed by atoms with Gasteiger partial charge >= 0.3 is 5.97 Å². The number of carbonyl (C=O) groups is 2. The second-order valence-electron chi connectivity index (χ2n) is 6.10. The number of nitrogens with zero attached hydrogens (tertiary/aromatic N) is 1. The number of hydrogen-bond donors (Lipinski definition) is 2. The smallest absolute Gasteiger partial charge is 0.320 e. The molecule has 0 fully saturated rings. The van der Waals surface area contributed by atoms with Crippen LogP contribution in [0.1, 0.15) is 78.1 Å². The fourth-order valence-electron chi connectivity index (χ4n) is 2.53. The van der Waals surface area contributed by atoms with Crippen molar-refractivity contribution in [1.29, 1.82) is 0 Å². The molecule has 0 aliphatic carbocycles. The Hall–Kier alpha value is 0.496. The van der Waals surface area contributed by atoms with Crippen molar-refractivity contribution in [3.63, 3.8) is 0 Å². The van der Waals surface area contributed by atoms with Crippen LogP contribution in [0, 0.1) is 0 Å². The number of carbonyl (C=O) groups excluding carboxylic acids is 1. The molecule has 0 saturated carbocycles. The molecule has 0 aromatic rings. The van der Waals surface area contributed by atoms with Gasteiger partial charge in [0.15, 0.2) is 0 Å². The van der Waals surface area contributed by atoms with Gasteiger partial charge in [-0.3, -0.25) is 14.4 Å². The standard InChI is InChI=1S/C18H36N2O4.K/c1-3-5-6-7-8-9-10-11-12-13-17(21)19-14-15-20(24-4-2)16-18(22)23;/h3-16H2,1-2H3,(H,19,21)(H,22,23);. The first kappa shape index (κ1) is 27.7. The van der Waals surface area contributed by atoms with Crippen molar-refractivity contribution in [3.05, 3.63) is 0 Å². The molecule has 0 spiro atoms. The minimum atomic E-state index is -0.940. The topological polar surface area (TPSA) is 78.9 Å². The van der Waals surface area contributed by atoms with Crippen molar-refractivity contribution >= 4 is 63.3 Å². The molecule has 0 bridgehead atoms. The van der Waals surface area contributed by atoms with E-state index in [4.69, 9.17) is 9.94 Å². The molecule has 143 valence electrons. The summed E-state index contributed by atoms with van der Waals surface area (Å²) >= 11 is 0. The largest absolute Gasteiger partial charge is 0.480 e. The second-order valence-corrected chi connectivity index (χ2v) is 6.10. The summed E-state index contributed by atoms with van der Waals surface area (Å²) in [7, 11) is 0. The molecule has 0 unspecified atom stereocenters. The number of hydrogen-bond acceptors (Lipinski definition) is 4. The molecule has 2 N–H and O–H groups in total. The third kappa shape index (κ3) is 20.7. The number of carboxylic acid groups (broad SMARTS) is 1. The van der Waals surface area contributed by atoms with E-state index in [1.54, 1.807) is 6.92 Å². The SMILES string of the molecule is CCCCCCCCCCCC(=O)NCCN(CC(=O)O)OCC.[K]. The van der Waals surface area contributed by atoms with E-state index in [1.807, 2.05) is 0 Å². The number of amides is 1. The molecule has 7 heteroatoms. The molecule has 0 rings (SSSR count). The van der Waals surface area contributed by atoms with Crippen LogP contribution in [-0.2, 0) is 14.4 Å². The third-order valence-electron chi connectivity index (χ3n) is 3.81. The minimum Gasteiger partial charge on any atom is -0.480 e. The van der Waals surface area contributed by atoms with E-state index in [-0.39, 0.29) is 63.8 Å². The monoisotopic (exact) mass is 383 g/mol. The van der Waals surface area contributed by atoms with E-state index in [0.717, 1.165) is 12.8 Å². The Balaban J connectivity index is 0. The van der Waals surface area contributed by atoms with Crippen LogP contribution < -0.4 is 5.32 Å². The van der Waals surface area contributed by atoms with E-state index < -0.39 is 5.97 Å². The van der Waals surface area contributed by atoms with Gasteiger partial charge in [0.05, 0.1) is 6.61 Å². The molecule has 0 aliphatic rings. The van der Waals surface area contributed by atoms with Gasteiger partial charge in [0.1, 0.15) is 6.54 Å². The molecule has 0 aliphatic heterocycles. The van der Waals surface area contributed by atoms with Crippen LogP contribution in [0.15, 0.2) is 0 Å². The van der Waals surface area contributed by atoms with Crippen LogP contribution >= 0.6 is 0 Å². The van der Waals surface area contributed by atoms with Crippen molar-refractivity contribution in [2.24, 2.45) is 0 Å². The van der Waals surface area contributed by atoms with Gasteiger partial charge in [-0.25, -0.2) is 0 Å². The Bertz CT molecular complexity index is 330. The van der Waals surface area contributed by atoms with Crippen LogP contribution in [0.3, 0.4) is 0 Å². The van der Waals surface area contributed by atoms with E-state index in [1.165, 1.54) is 50.0 Å². The van der Waals surface area contributed by atoms with Crippen LogP contribution in [-0.4, -0.2) is 99.7 Å². The number of aliphatic carboxylic acids is 1. The van der Waals surface area contributed by atoms with Gasteiger partial charge in [-0.05, 0) is 13.3 Å². The fourth-order valence-corrected chi connectivity index (χ4v) is 2.53. The average molecular weight is 384 g/mol. The zero-order valence-corrected chi connectivity index (χ0v) is 19.6. The first-order valence-corrected chi connectivity index (χ1v) is 9.46. The van der Waals surface area contributed by atoms with Crippen molar-refractivity contribution in [2.75, 3.05) is 26.2 Å². The Labute approximate surface area is 195 Å². The van der Waals surface area contributed by atoms with Crippen LogP contribution in [0.2, 0.25) is 0 Å². The predicted octanol–water partition coefficient (Wildman–Crippen LogP) is 2.98. The zero-order valence-electron chi connectivity index (χ0n) is 16.5. The Morgan fingerprint density at radius 3 is 2.04 bits per heavy atom. The quantitative estimate of drug-likeness (QED) is 0.229. The summed E-state index contributed by atoms with van der Waals surface area (Å²) in [6, 6.07) is 0. The summed E-state index contributed by atoms with van der Waals surface area (Å²) in [4.78, 5) is 27.6. The summed E-state index contributed by atoms with van der Waals surface area (Å²) in [5, 5.41) is 12.9. The predicted molar refractivity (Wildman–Crippen MR) is 101 cm³/mol. The van der Waals surface area contributed by atoms with E-state index in [2.05, 4.69) is 12.2 Å². The number of nitrogens with one attached hydrogen (secondary N) is 1. The van der Waals surface area contributed by atoms with Gasteiger partial charge in [0.25, 0.3) is 0 Å². The van der Waals surface area contributed by atoms with Crippen molar-refractivity contribution < 1.29 is 19.5 Å². The number of hydroxylamine groups is 2. The molecule has 25 heavy (non-hydrogen) atoms. The van der Waals surface area contributed by atoms with E-state index in [9.17, 15) is 9.59 Å². The first-order chi connectivity index (χ1) is 11.6. The molecular weight excluding hydrogens is 347 g/mol. The summed E-state index contributed by atoms with van der Waals surface area (Å²) < 4.78 is 0. The molecule has 0 saturated heterocycles. The molecule has 0 heterocycles. The Kier molecular flexibility index (Phi) is 23.1. The zero-order chi connectivity index (χ0) is 18.0. The molecule has 0 atom stereocenters. The molecular formula is C18H36KN2O4. The van der Waals surface area contributed by atoms with Crippen molar-refractivity contribution in [3.8, 4) is 0 Å². The number of carboxylic acids is 1. The van der Waals surface area contributed by atoms with E-state index >= 15 is 0 Å². The maximum Gasteiger partial charge on any atom is 0.320 e. The molecule has 6 nitrogen and oxygen atoms in total. The third-order valence-corrected chi connectivity index (χ3v) is 3.81. The first-order valence-electron chi connectivity index (χ1n) is 9.46. The number of rotatable bonds is 17. The van der Waals surface area contributed by atoms with Crippen LogP contribution in [0.25, 0.3) is 0 Å². The average Bonchev–Trinajstić information content (AvgIpc) is 2.53.